The van der Waals surface area contributed by atoms with E-state index >= 15 is 0 Å². The molecule has 3 heterocycles. The number of nitrogens with zero attached hydrogens (tertiary/aromatic N) is 4. The Balaban J connectivity index is 1.49. The van der Waals surface area contributed by atoms with E-state index in [2.05, 4.69) is 10.4 Å². The topological polar surface area (TPSA) is 127 Å². The van der Waals surface area contributed by atoms with Gasteiger partial charge in [0.1, 0.15) is 11.4 Å². The molecule has 1 aromatic carbocycles. The maximum Gasteiger partial charge on any atom is 0.417 e. The molecule has 14 heteroatoms. The van der Waals surface area contributed by atoms with Crippen LogP contribution in [0.2, 0.25) is 0 Å². The third-order valence-electron chi connectivity index (χ3n) is 7.37. The van der Waals surface area contributed by atoms with Gasteiger partial charge >= 0.3 is 12.3 Å². The molecule has 5 rings (SSSR count). The van der Waals surface area contributed by atoms with Crippen LogP contribution in [0.25, 0.3) is 0 Å². The highest BCUT2D eigenvalue weighted by atomic mass is 32.2. The first kappa shape index (κ1) is 27.3. The van der Waals surface area contributed by atoms with Gasteiger partial charge in [-0.15, -0.1) is 0 Å². The van der Waals surface area contributed by atoms with Gasteiger partial charge < -0.3 is 19.7 Å². The van der Waals surface area contributed by atoms with Crippen molar-refractivity contribution in [3.05, 3.63) is 41.6 Å². The van der Waals surface area contributed by atoms with Crippen LogP contribution in [0.5, 0.6) is 0 Å². The molecule has 1 aromatic heterocycles. The summed E-state index contributed by atoms with van der Waals surface area (Å²) >= 11 is 0. The number of nitrogens with one attached hydrogen (secondary N) is 1. The maximum atomic E-state index is 13.7. The number of hydrogen-bond acceptors (Lipinski definition) is 8. The van der Waals surface area contributed by atoms with Crippen LogP contribution < -0.4 is 10.2 Å². The number of alkyl halides is 3. The van der Waals surface area contributed by atoms with Crippen molar-refractivity contribution < 1.29 is 35.9 Å². The number of ether oxygens (including phenoxy) is 2. The van der Waals surface area contributed by atoms with Crippen LogP contribution in [0.1, 0.15) is 49.4 Å². The van der Waals surface area contributed by atoms with E-state index in [0.717, 1.165) is 18.2 Å². The first-order valence-electron chi connectivity index (χ1n) is 12.6. The monoisotopic (exact) mass is 567 g/mol. The van der Waals surface area contributed by atoms with Crippen LogP contribution in [0.4, 0.5) is 23.8 Å². The van der Waals surface area contributed by atoms with Gasteiger partial charge in [-0.05, 0) is 44.7 Å². The quantitative estimate of drug-likeness (QED) is 0.560. The average molecular weight is 568 g/mol. The van der Waals surface area contributed by atoms with Gasteiger partial charge in [0.05, 0.1) is 33.5 Å². The molecule has 1 aliphatic carbocycles. The number of aromatic nitrogens is 2. The second-order valence-corrected chi connectivity index (χ2v) is 12.4. The minimum atomic E-state index is -4.87. The van der Waals surface area contributed by atoms with Crippen LogP contribution in [0.15, 0.2) is 35.2 Å². The van der Waals surface area contributed by atoms with Gasteiger partial charge in [-0.2, -0.15) is 23.5 Å². The zero-order valence-corrected chi connectivity index (χ0v) is 22.0. The average Bonchev–Trinajstić information content (AvgIpc) is 3.36. The molecule has 2 saturated heterocycles. The fourth-order valence-electron chi connectivity index (χ4n) is 5.12. The standard InChI is InChI=1S/C25H28F3N5O5S/c1-16-12-21(33(31-16)17-6-10-37-11-7-17)32-14-18(13-22(32)38-23(34)30-24(15-29)8-9-24)39(35,36)20-5-3-2-4-19(20)25(26,27)28/h2-5,12,17-18,22H,6-11,13-14H2,1H3,(H,30,34)/t18-,22+/m1/s1. The van der Waals surface area contributed by atoms with Crippen LogP contribution in [0.3, 0.4) is 0 Å². The summed E-state index contributed by atoms with van der Waals surface area (Å²) in [6.45, 7) is 2.60. The fraction of sp³-hybridized carbons (Fsp3) is 0.560. The fourth-order valence-corrected chi connectivity index (χ4v) is 7.02. The highest BCUT2D eigenvalue weighted by molar-refractivity contribution is 7.92. The Kier molecular flexibility index (Phi) is 7.00. The lowest BCUT2D eigenvalue weighted by Gasteiger charge is -2.30. The van der Waals surface area contributed by atoms with E-state index in [1.807, 2.05) is 6.07 Å². The van der Waals surface area contributed by atoms with E-state index in [4.69, 9.17) is 9.47 Å². The number of carbonyl (C=O) groups is 1. The molecule has 1 amide bonds. The zero-order valence-electron chi connectivity index (χ0n) is 21.1. The third kappa shape index (κ3) is 5.42. The van der Waals surface area contributed by atoms with Crippen LogP contribution in [0, 0.1) is 18.3 Å². The summed E-state index contributed by atoms with van der Waals surface area (Å²) in [6.07, 6.45) is -4.88. The number of hydrogen-bond donors (Lipinski definition) is 1. The summed E-state index contributed by atoms with van der Waals surface area (Å²) in [7, 11) is -4.50. The van der Waals surface area contributed by atoms with E-state index in [0.29, 0.717) is 50.4 Å². The normalized spacial score (nSPS) is 23.3. The lowest BCUT2D eigenvalue weighted by molar-refractivity contribution is -0.139. The molecule has 2 atom stereocenters. The van der Waals surface area contributed by atoms with Crippen molar-refractivity contribution in [2.24, 2.45) is 0 Å². The Morgan fingerprint density at radius 3 is 2.59 bits per heavy atom. The Morgan fingerprint density at radius 1 is 1.26 bits per heavy atom. The van der Waals surface area contributed by atoms with Gasteiger partial charge in [0.15, 0.2) is 16.1 Å². The zero-order chi connectivity index (χ0) is 28.0. The molecule has 0 spiro atoms. The molecule has 0 bridgehead atoms. The molecular weight excluding hydrogens is 539 g/mol. The van der Waals surface area contributed by atoms with Crippen molar-refractivity contribution in [1.82, 2.24) is 15.1 Å². The Hall–Kier alpha value is -3.31. The largest absolute Gasteiger partial charge is 0.425 e. The van der Waals surface area contributed by atoms with Gasteiger partial charge in [0, 0.05) is 32.2 Å². The summed E-state index contributed by atoms with van der Waals surface area (Å²) in [5.41, 5.74) is -1.61. The van der Waals surface area contributed by atoms with Crippen LogP contribution in [-0.2, 0) is 25.5 Å². The summed E-state index contributed by atoms with van der Waals surface area (Å²) in [6, 6.07) is 7.78. The van der Waals surface area contributed by atoms with Gasteiger partial charge in [-0.3, -0.25) is 0 Å². The highest BCUT2D eigenvalue weighted by Crippen LogP contribution is 2.40. The summed E-state index contributed by atoms with van der Waals surface area (Å²) in [4.78, 5) is 13.5. The molecule has 1 saturated carbocycles. The number of anilines is 1. The van der Waals surface area contributed by atoms with Crippen LogP contribution in [-0.4, -0.2) is 61.1 Å². The molecule has 2 aromatic rings. The number of carbonyl (C=O) groups excluding carboxylic acids is 1. The van der Waals surface area contributed by atoms with E-state index in [1.165, 1.54) is 6.07 Å². The number of rotatable bonds is 6. The number of alkyl carbamates (subject to hydrolysis) is 1. The van der Waals surface area contributed by atoms with Crippen molar-refractivity contribution in [3.8, 4) is 6.07 Å². The summed E-state index contributed by atoms with van der Waals surface area (Å²) in [5.74, 6) is 0.500. The van der Waals surface area contributed by atoms with Crippen LogP contribution >= 0.6 is 0 Å². The second kappa shape index (κ2) is 10.0. The Labute approximate surface area is 223 Å². The summed E-state index contributed by atoms with van der Waals surface area (Å²) < 4.78 is 81.2. The molecule has 3 fully saturated rings. The first-order chi connectivity index (χ1) is 18.4. The van der Waals surface area contributed by atoms with E-state index < -0.39 is 49.6 Å². The van der Waals surface area contributed by atoms with Crippen molar-refractivity contribution in [2.75, 3.05) is 24.7 Å². The molecule has 0 unspecified atom stereocenters. The SMILES string of the molecule is Cc1cc(N2C[C@H](S(=O)(=O)c3ccccc3C(F)(F)F)C[C@@H]2OC(=O)NC2(C#N)CC2)n(C2CCOCC2)n1. The van der Waals surface area contributed by atoms with Gasteiger partial charge in [-0.25, -0.2) is 17.9 Å². The number of benzene rings is 1. The van der Waals surface area contributed by atoms with Gasteiger partial charge in [-0.1, -0.05) is 12.1 Å². The molecule has 0 radical (unpaired) electrons. The smallest absolute Gasteiger partial charge is 0.417 e. The van der Waals surface area contributed by atoms with Gasteiger partial charge in [0.25, 0.3) is 0 Å². The molecule has 3 aliphatic rings. The van der Waals surface area contributed by atoms with Crippen molar-refractivity contribution >= 4 is 21.7 Å². The Bertz CT molecular complexity index is 1390. The van der Waals surface area contributed by atoms with Crippen molar-refractivity contribution in [3.63, 3.8) is 0 Å². The van der Waals surface area contributed by atoms with E-state index in [1.54, 1.807) is 22.6 Å². The predicted octanol–water partition coefficient (Wildman–Crippen LogP) is 3.72. The second-order valence-electron chi connectivity index (χ2n) is 10.2. The van der Waals surface area contributed by atoms with Crippen molar-refractivity contribution in [2.45, 2.75) is 73.2 Å². The maximum absolute atomic E-state index is 13.7. The number of sulfone groups is 1. The summed E-state index contributed by atoms with van der Waals surface area (Å²) in [5, 5.41) is 15.1. The van der Waals surface area contributed by atoms with E-state index in [9.17, 15) is 31.6 Å². The van der Waals surface area contributed by atoms with Crippen molar-refractivity contribution in [1.29, 1.82) is 5.26 Å². The van der Waals surface area contributed by atoms with E-state index in [-0.39, 0.29) is 19.0 Å². The first-order valence-corrected chi connectivity index (χ1v) is 14.2. The molecular formula is C25H28F3N5O5S. The molecule has 2 aliphatic heterocycles. The molecule has 39 heavy (non-hydrogen) atoms. The number of halogens is 3. The number of nitriles is 1. The molecule has 10 nitrogen and oxygen atoms in total. The minimum absolute atomic E-state index is 0.0492. The highest BCUT2D eigenvalue weighted by Gasteiger charge is 2.49. The lowest BCUT2D eigenvalue weighted by atomic mass is 10.1. The molecule has 1 N–H and O–H groups in total. The predicted molar refractivity (Wildman–Crippen MR) is 131 cm³/mol. The number of amides is 1. The lowest BCUT2D eigenvalue weighted by Crippen LogP contribution is -2.42. The number of aryl methyl sites for hydroxylation is 1. The van der Waals surface area contributed by atoms with Gasteiger partial charge in [0.2, 0.25) is 0 Å². The Morgan fingerprint density at radius 2 is 1.95 bits per heavy atom. The minimum Gasteiger partial charge on any atom is -0.425 e. The third-order valence-corrected chi connectivity index (χ3v) is 9.56. The molecule has 210 valence electrons.